The fourth-order valence-corrected chi connectivity index (χ4v) is 1.74. The molecule has 0 aliphatic heterocycles. The van der Waals surface area contributed by atoms with Gasteiger partial charge < -0.3 is 0 Å². The van der Waals surface area contributed by atoms with Crippen LogP contribution in [0.3, 0.4) is 0 Å². The Bertz CT molecular complexity index is 275. The Balaban J connectivity index is 3.25. The zero-order valence-corrected chi connectivity index (χ0v) is 8.47. The summed E-state index contributed by atoms with van der Waals surface area (Å²) in [7, 11) is 0. The first kappa shape index (κ1) is 9.30. The van der Waals surface area contributed by atoms with Crippen LogP contribution in [0, 0.1) is 5.82 Å². The van der Waals surface area contributed by atoms with E-state index in [-0.39, 0.29) is 10.0 Å². The van der Waals surface area contributed by atoms with E-state index in [1.54, 1.807) is 6.07 Å². The van der Waals surface area contributed by atoms with Gasteiger partial charge in [-0.25, -0.2) is 4.39 Å². The van der Waals surface area contributed by atoms with Crippen LogP contribution in [0.4, 0.5) is 4.39 Å². The summed E-state index contributed by atoms with van der Waals surface area (Å²) in [6, 6.07) is 3.17. The van der Waals surface area contributed by atoms with Crippen LogP contribution in [0.15, 0.2) is 12.1 Å². The monoisotopic (exact) mass is 256 g/mol. The molecule has 60 valence electrons. The highest BCUT2D eigenvalue weighted by atomic mass is 79.9. The van der Waals surface area contributed by atoms with E-state index in [1.807, 2.05) is 0 Å². The average molecular weight is 258 g/mol. The van der Waals surface area contributed by atoms with Crippen molar-refractivity contribution < 1.29 is 4.39 Å². The van der Waals surface area contributed by atoms with Crippen molar-refractivity contribution in [3.8, 4) is 0 Å². The molecule has 0 atom stereocenters. The molecule has 0 nitrogen and oxygen atoms in total. The molecule has 0 heterocycles. The lowest BCUT2D eigenvalue weighted by atomic mass is 10.2. The van der Waals surface area contributed by atoms with E-state index >= 15 is 0 Å². The fourth-order valence-electron chi connectivity index (χ4n) is 0.669. The van der Waals surface area contributed by atoms with Crippen molar-refractivity contribution in [2.75, 3.05) is 0 Å². The predicted octanol–water partition coefficient (Wildman–Crippen LogP) is 4.03. The van der Waals surface area contributed by atoms with Gasteiger partial charge in [-0.1, -0.05) is 45.2 Å². The van der Waals surface area contributed by atoms with Crippen molar-refractivity contribution in [1.29, 1.82) is 0 Å². The van der Waals surface area contributed by atoms with E-state index in [9.17, 15) is 4.39 Å². The first-order valence-corrected chi connectivity index (χ1v) is 4.73. The molecule has 0 saturated carbocycles. The SMILES string of the molecule is Fc1c(Cl)ccc(CBr)c1Cl. The van der Waals surface area contributed by atoms with Gasteiger partial charge in [0.05, 0.1) is 10.0 Å². The van der Waals surface area contributed by atoms with E-state index in [0.29, 0.717) is 10.9 Å². The molecule has 1 aromatic carbocycles. The van der Waals surface area contributed by atoms with Crippen molar-refractivity contribution in [1.82, 2.24) is 0 Å². The van der Waals surface area contributed by atoms with Gasteiger partial charge in [-0.15, -0.1) is 0 Å². The van der Waals surface area contributed by atoms with Crippen LogP contribution < -0.4 is 0 Å². The molecule has 0 unspecified atom stereocenters. The molecule has 0 bridgehead atoms. The predicted molar refractivity (Wildman–Crippen MR) is 49.1 cm³/mol. The third-order valence-corrected chi connectivity index (χ3v) is 2.56. The van der Waals surface area contributed by atoms with Gasteiger partial charge in [0.25, 0.3) is 0 Å². The summed E-state index contributed by atoms with van der Waals surface area (Å²) in [5, 5.41) is 0.675. The maximum atomic E-state index is 12.9. The minimum Gasteiger partial charge on any atom is -0.204 e. The second-order valence-corrected chi connectivity index (χ2v) is 3.31. The molecule has 0 aromatic heterocycles. The molecule has 11 heavy (non-hydrogen) atoms. The number of hydrogen-bond donors (Lipinski definition) is 0. The summed E-state index contributed by atoms with van der Waals surface area (Å²) in [5.74, 6) is -0.551. The number of hydrogen-bond acceptors (Lipinski definition) is 0. The molecule has 0 saturated heterocycles. The normalized spacial score (nSPS) is 10.2. The molecule has 1 rings (SSSR count). The third-order valence-electron chi connectivity index (χ3n) is 1.26. The molecule has 0 spiro atoms. The van der Waals surface area contributed by atoms with E-state index in [1.165, 1.54) is 6.07 Å². The topological polar surface area (TPSA) is 0 Å². The van der Waals surface area contributed by atoms with Crippen molar-refractivity contribution >= 4 is 39.1 Å². The molecule has 0 N–H and O–H groups in total. The van der Waals surface area contributed by atoms with Crippen molar-refractivity contribution in [3.05, 3.63) is 33.6 Å². The Morgan fingerprint density at radius 1 is 1.36 bits per heavy atom. The van der Waals surface area contributed by atoms with Crippen LogP contribution in [0.25, 0.3) is 0 Å². The average Bonchev–Trinajstić information content (AvgIpc) is 2.01. The molecule has 0 fully saturated rings. The van der Waals surface area contributed by atoms with Gasteiger partial charge in [0.15, 0.2) is 5.82 Å². The van der Waals surface area contributed by atoms with E-state index in [4.69, 9.17) is 23.2 Å². The van der Waals surface area contributed by atoms with Crippen molar-refractivity contribution in [2.45, 2.75) is 5.33 Å². The highest BCUT2D eigenvalue weighted by Gasteiger charge is 2.08. The maximum Gasteiger partial charge on any atom is 0.160 e. The van der Waals surface area contributed by atoms with Crippen LogP contribution in [-0.2, 0) is 5.33 Å². The zero-order chi connectivity index (χ0) is 8.43. The van der Waals surface area contributed by atoms with Gasteiger partial charge in [0.2, 0.25) is 0 Å². The molecule has 1 aromatic rings. The van der Waals surface area contributed by atoms with Crippen LogP contribution in [0.2, 0.25) is 10.0 Å². The van der Waals surface area contributed by atoms with Gasteiger partial charge in [-0.05, 0) is 11.6 Å². The Morgan fingerprint density at radius 2 is 2.00 bits per heavy atom. The summed E-state index contributed by atoms with van der Waals surface area (Å²) < 4.78 is 12.9. The number of alkyl halides is 1. The highest BCUT2D eigenvalue weighted by Crippen LogP contribution is 2.27. The molecule has 4 heteroatoms. The summed E-state index contributed by atoms with van der Waals surface area (Å²) in [6.45, 7) is 0. The summed E-state index contributed by atoms with van der Waals surface area (Å²) in [4.78, 5) is 0. The van der Waals surface area contributed by atoms with Crippen molar-refractivity contribution in [3.63, 3.8) is 0 Å². The highest BCUT2D eigenvalue weighted by molar-refractivity contribution is 9.08. The van der Waals surface area contributed by atoms with Gasteiger partial charge >= 0.3 is 0 Å². The van der Waals surface area contributed by atoms with Crippen molar-refractivity contribution in [2.24, 2.45) is 0 Å². The number of rotatable bonds is 1. The quantitative estimate of drug-likeness (QED) is 0.527. The third kappa shape index (κ3) is 1.86. The lowest BCUT2D eigenvalue weighted by Gasteiger charge is -2.01. The lowest BCUT2D eigenvalue weighted by molar-refractivity contribution is 0.627. The summed E-state index contributed by atoms with van der Waals surface area (Å²) >= 11 is 14.3. The minimum absolute atomic E-state index is 0.0553. The molecular formula is C7H4BrCl2F. The van der Waals surface area contributed by atoms with Gasteiger partial charge in [-0.2, -0.15) is 0 Å². The second-order valence-electron chi connectivity index (χ2n) is 1.97. The van der Waals surface area contributed by atoms with Gasteiger partial charge in [-0.3, -0.25) is 0 Å². The molecule has 0 aliphatic rings. The van der Waals surface area contributed by atoms with Crippen LogP contribution >= 0.6 is 39.1 Å². The summed E-state index contributed by atoms with van der Waals surface area (Å²) in [6.07, 6.45) is 0. The van der Waals surface area contributed by atoms with Gasteiger partial charge in [0, 0.05) is 5.33 Å². The van der Waals surface area contributed by atoms with E-state index < -0.39 is 5.82 Å². The molecule has 0 amide bonds. The fraction of sp³-hybridized carbons (Fsp3) is 0.143. The first-order valence-electron chi connectivity index (χ1n) is 2.85. The Hall–Kier alpha value is 0.210. The Morgan fingerprint density at radius 3 is 2.55 bits per heavy atom. The standard InChI is InChI=1S/C7H4BrCl2F/c8-3-4-1-2-5(9)7(11)6(4)10/h1-2H,3H2. The van der Waals surface area contributed by atoms with Crippen LogP contribution in [0.1, 0.15) is 5.56 Å². The molecule has 0 radical (unpaired) electrons. The summed E-state index contributed by atoms with van der Waals surface area (Å²) in [5.41, 5.74) is 0.702. The first-order chi connectivity index (χ1) is 5.16. The Kier molecular flexibility index (Phi) is 3.16. The zero-order valence-electron chi connectivity index (χ0n) is 5.37. The molecular weight excluding hydrogens is 254 g/mol. The molecule has 0 aliphatic carbocycles. The van der Waals surface area contributed by atoms with E-state index in [2.05, 4.69) is 15.9 Å². The largest absolute Gasteiger partial charge is 0.204 e. The second kappa shape index (κ2) is 3.74. The minimum atomic E-state index is -0.551. The van der Waals surface area contributed by atoms with Crippen LogP contribution in [-0.4, -0.2) is 0 Å². The number of benzene rings is 1. The van der Waals surface area contributed by atoms with E-state index in [0.717, 1.165) is 0 Å². The lowest BCUT2D eigenvalue weighted by Crippen LogP contribution is -1.85. The smallest absolute Gasteiger partial charge is 0.160 e. The Labute approximate surface area is 82.4 Å². The number of halogens is 4. The van der Waals surface area contributed by atoms with Crippen LogP contribution in [0.5, 0.6) is 0 Å². The van der Waals surface area contributed by atoms with Gasteiger partial charge in [0.1, 0.15) is 0 Å². The maximum absolute atomic E-state index is 12.9.